The number of aryl methyl sites for hydroxylation is 1. The molecule has 0 spiro atoms. The van der Waals surface area contributed by atoms with Gasteiger partial charge in [0, 0.05) is 22.3 Å². The fourth-order valence-corrected chi connectivity index (χ4v) is 2.48. The number of nitrogens with zero attached hydrogens (tertiary/aromatic N) is 1. The number of hydrogen-bond donors (Lipinski definition) is 2. The predicted molar refractivity (Wildman–Crippen MR) is 92.4 cm³/mol. The summed E-state index contributed by atoms with van der Waals surface area (Å²) in [7, 11) is 0. The molecule has 0 atom stereocenters. The van der Waals surface area contributed by atoms with Crippen LogP contribution in [0.2, 0.25) is 0 Å². The number of esters is 1. The Balaban J connectivity index is 1.91. The number of nitriles is 1. The SMILES string of the molecule is CC(=O)c1c[nH]c(C(=O)OCC(=O)Nc2ccc(SC#N)cc2C)c1. The maximum absolute atomic E-state index is 11.9. The summed E-state index contributed by atoms with van der Waals surface area (Å²) in [6.07, 6.45) is 1.41. The monoisotopic (exact) mass is 357 g/mol. The number of rotatable bonds is 6. The first kappa shape index (κ1) is 18.3. The van der Waals surface area contributed by atoms with Gasteiger partial charge in [-0.05, 0) is 55.4 Å². The fourth-order valence-electron chi connectivity index (χ4n) is 2.00. The molecule has 0 bridgehead atoms. The van der Waals surface area contributed by atoms with Gasteiger partial charge in [0.05, 0.1) is 0 Å². The number of thioether (sulfide) groups is 1. The highest BCUT2D eigenvalue weighted by Gasteiger charge is 2.14. The van der Waals surface area contributed by atoms with Gasteiger partial charge in [-0.25, -0.2) is 4.79 Å². The van der Waals surface area contributed by atoms with E-state index in [4.69, 9.17) is 10.00 Å². The van der Waals surface area contributed by atoms with E-state index in [1.807, 2.05) is 5.40 Å². The molecule has 1 aromatic carbocycles. The third-order valence-electron chi connectivity index (χ3n) is 3.28. The van der Waals surface area contributed by atoms with Crippen LogP contribution in [0.25, 0.3) is 0 Å². The van der Waals surface area contributed by atoms with Gasteiger partial charge < -0.3 is 15.0 Å². The number of aromatic nitrogens is 1. The van der Waals surface area contributed by atoms with Crippen LogP contribution in [0.3, 0.4) is 0 Å². The number of ether oxygens (including phenoxy) is 1. The average Bonchev–Trinajstić information content (AvgIpc) is 3.06. The molecule has 0 saturated carbocycles. The van der Waals surface area contributed by atoms with E-state index in [0.717, 1.165) is 22.2 Å². The number of nitrogens with one attached hydrogen (secondary N) is 2. The van der Waals surface area contributed by atoms with Crippen LogP contribution in [0.4, 0.5) is 5.69 Å². The normalized spacial score (nSPS) is 9.96. The molecule has 0 aliphatic heterocycles. The highest BCUT2D eigenvalue weighted by atomic mass is 32.2. The molecular formula is C17H15N3O4S. The fraction of sp³-hybridized carbons (Fsp3) is 0.176. The minimum absolute atomic E-state index is 0.104. The number of H-pyrrole nitrogens is 1. The molecule has 25 heavy (non-hydrogen) atoms. The van der Waals surface area contributed by atoms with Crippen molar-refractivity contribution in [3.8, 4) is 5.40 Å². The van der Waals surface area contributed by atoms with Crippen molar-refractivity contribution in [2.75, 3.05) is 11.9 Å². The molecular weight excluding hydrogens is 342 g/mol. The molecule has 7 nitrogen and oxygen atoms in total. The molecule has 0 fully saturated rings. The van der Waals surface area contributed by atoms with E-state index in [0.29, 0.717) is 11.3 Å². The van der Waals surface area contributed by atoms with E-state index in [1.54, 1.807) is 25.1 Å². The Morgan fingerprint density at radius 3 is 2.68 bits per heavy atom. The van der Waals surface area contributed by atoms with Gasteiger partial charge in [0.1, 0.15) is 11.1 Å². The van der Waals surface area contributed by atoms with E-state index < -0.39 is 18.5 Å². The second-order valence-corrected chi connectivity index (χ2v) is 6.01. The van der Waals surface area contributed by atoms with Crippen LogP contribution in [-0.2, 0) is 9.53 Å². The summed E-state index contributed by atoms with van der Waals surface area (Å²) in [4.78, 5) is 38.4. The van der Waals surface area contributed by atoms with Crippen LogP contribution in [0.1, 0.15) is 33.3 Å². The van der Waals surface area contributed by atoms with Crippen LogP contribution in [-0.4, -0.2) is 29.3 Å². The zero-order valence-electron chi connectivity index (χ0n) is 13.6. The summed E-state index contributed by atoms with van der Waals surface area (Å²) in [5.74, 6) is -1.39. The number of carbonyl (C=O) groups is 3. The molecule has 1 heterocycles. The molecule has 2 aromatic rings. The Morgan fingerprint density at radius 1 is 1.32 bits per heavy atom. The zero-order valence-corrected chi connectivity index (χ0v) is 14.4. The van der Waals surface area contributed by atoms with Gasteiger partial charge in [0.2, 0.25) is 0 Å². The van der Waals surface area contributed by atoms with E-state index in [-0.39, 0.29) is 11.5 Å². The lowest BCUT2D eigenvalue weighted by Crippen LogP contribution is -2.21. The van der Waals surface area contributed by atoms with Crippen molar-refractivity contribution in [2.24, 2.45) is 0 Å². The van der Waals surface area contributed by atoms with Gasteiger partial charge in [-0.15, -0.1) is 0 Å². The molecule has 0 saturated heterocycles. The number of hydrogen-bond acceptors (Lipinski definition) is 6. The van der Waals surface area contributed by atoms with Crippen LogP contribution < -0.4 is 5.32 Å². The number of Topliss-reactive ketones (excluding diaryl/α,β-unsaturated/α-hetero) is 1. The minimum atomic E-state index is -0.722. The standard InChI is InChI=1S/C17H15N3O4S/c1-10-5-13(25-9-18)3-4-14(10)20-16(22)8-24-17(23)15-6-12(7-19-15)11(2)21/h3-7,19H,8H2,1-2H3,(H,20,22). The first-order chi connectivity index (χ1) is 11.9. The number of amides is 1. The first-order valence-electron chi connectivity index (χ1n) is 7.23. The minimum Gasteiger partial charge on any atom is -0.451 e. The molecule has 0 aliphatic carbocycles. The molecule has 2 rings (SSSR count). The Bertz CT molecular complexity index is 867. The van der Waals surface area contributed by atoms with Gasteiger partial charge in [0.15, 0.2) is 12.4 Å². The van der Waals surface area contributed by atoms with Crippen molar-refractivity contribution >= 4 is 35.1 Å². The number of benzene rings is 1. The Hall–Kier alpha value is -3.05. The Labute approximate surface area is 148 Å². The van der Waals surface area contributed by atoms with Crippen molar-refractivity contribution in [3.63, 3.8) is 0 Å². The lowest BCUT2D eigenvalue weighted by Gasteiger charge is -2.09. The topological polar surface area (TPSA) is 112 Å². The summed E-state index contributed by atoms with van der Waals surface area (Å²) < 4.78 is 4.92. The number of anilines is 1. The highest BCUT2D eigenvalue weighted by Crippen LogP contribution is 2.23. The molecule has 1 amide bonds. The van der Waals surface area contributed by atoms with Crippen LogP contribution in [0.15, 0.2) is 35.4 Å². The summed E-state index contributed by atoms with van der Waals surface area (Å²) in [5, 5.41) is 13.3. The summed E-state index contributed by atoms with van der Waals surface area (Å²) in [6, 6.07) is 6.54. The van der Waals surface area contributed by atoms with Gasteiger partial charge >= 0.3 is 5.97 Å². The highest BCUT2D eigenvalue weighted by molar-refractivity contribution is 8.03. The first-order valence-corrected chi connectivity index (χ1v) is 8.05. The largest absolute Gasteiger partial charge is 0.451 e. The van der Waals surface area contributed by atoms with Gasteiger partial charge in [-0.1, -0.05) is 0 Å². The lowest BCUT2D eigenvalue weighted by molar-refractivity contribution is -0.119. The van der Waals surface area contributed by atoms with Crippen LogP contribution in [0.5, 0.6) is 0 Å². The molecule has 8 heteroatoms. The van der Waals surface area contributed by atoms with Crippen molar-refractivity contribution < 1.29 is 19.1 Å². The lowest BCUT2D eigenvalue weighted by atomic mass is 10.2. The van der Waals surface area contributed by atoms with E-state index in [2.05, 4.69) is 10.3 Å². The Kier molecular flexibility index (Phi) is 5.98. The summed E-state index contributed by atoms with van der Waals surface area (Å²) >= 11 is 1.03. The van der Waals surface area contributed by atoms with Crippen molar-refractivity contribution in [1.29, 1.82) is 5.26 Å². The van der Waals surface area contributed by atoms with Crippen LogP contribution in [0, 0.1) is 17.6 Å². The average molecular weight is 357 g/mol. The maximum atomic E-state index is 11.9. The number of ketones is 1. The maximum Gasteiger partial charge on any atom is 0.355 e. The molecule has 128 valence electrons. The van der Waals surface area contributed by atoms with Crippen LogP contribution >= 0.6 is 11.8 Å². The molecule has 2 N–H and O–H groups in total. The van der Waals surface area contributed by atoms with Gasteiger partial charge in [-0.3, -0.25) is 9.59 Å². The summed E-state index contributed by atoms with van der Waals surface area (Å²) in [5.41, 5.74) is 1.83. The van der Waals surface area contributed by atoms with E-state index in [1.165, 1.54) is 19.2 Å². The van der Waals surface area contributed by atoms with Crippen molar-refractivity contribution in [1.82, 2.24) is 4.98 Å². The third kappa shape index (κ3) is 4.96. The Morgan fingerprint density at radius 2 is 2.08 bits per heavy atom. The van der Waals surface area contributed by atoms with E-state index in [9.17, 15) is 14.4 Å². The smallest absolute Gasteiger partial charge is 0.355 e. The second kappa shape index (κ2) is 8.17. The van der Waals surface area contributed by atoms with Crippen molar-refractivity contribution in [3.05, 3.63) is 47.3 Å². The quantitative estimate of drug-likeness (QED) is 0.356. The number of carbonyl (C=O) groups excluding carboxylic acids is 3. The van der Waals surface area contributed by atoms with E-state index >= 15 is 0 Å². The molecule has 0 radical (unpaired) electrons. The third-order valence-corrected chi connectivity index (χ3v) is 3.86. The van der Waals surface area contributed by atoms with Crippen molar-refractivity contribution in [2.45, 2.75) is 18.7 Å². The summed E-state index contributed by atoms with van der Waals surface area (Å²) in [6.45, 7) is 2.72. The molecule has 0 aliphatic rings. The number of aromatic amines is 1. The number of thiocyanates is 1. The molecule has 0 unspecified atom stereocenters. The second-order valence-electron chi connectivity index (χ2n) is 5.15. The van der Waals surface area contributed by atoms with Gasteiger partial charge in [0.25, 0.3) is 5.91 Å². The zero-order chi connectivity index (χ0) is 18.4. The predicted octanol–water partition coefficient (Wildman–Crippen LogP) is 2.89. The van der Waals surface area contributed by atoms with Gasteiger partial charge in [-0.2, -0.15) is 5.26 Å². The molecule has 1 aromatic heterocycles.